The van der Waals surface area contributed by atoms with Gasteiger partial charge < -0.3 is 30.3 Å². The summed E-state index contributed by atoms with van der Waals surface area (Å²) in [5.41, 5.74) is 5.32. The largest absolute Gasteiger partial charge is 0.472 e. The fraction of sp³-hybridized carbons (Fsp3) is 0.667. The molecule has 4 atom stereocenters. The van der Waals surface area contributed by atoms with Gasteiger partial charge in [0.15, 0.2) is 6.10 Å². The number of unbranched alkanes of at least 4 members (excludes halogenated alkanes) is 11. The molecular weight excluding hydrogens is 709 g/mol. The molecule has 0 aromatic rings. The molecule has 0 bridgehead atoms. The van der Waals surface area contributed by atoms with Crippen LogP contribution in [0.2, 0.25) is 0 Å². The van der Waals surface area contributed by atoms with Crippen LogP contribution in [0.3, 0.4) is 0 Å². The SMILES string of the molecule is CC/C=C\C[C@@H](O)/C=C/C=C\C=C\[C@@H](O)C/C=C\C/C=C\CCC(=O)OC[C@H](COP(=O)(O)OCCN)OC(=O)CCCCCCCCCCCCCC. The predicted octanol–water partition coefficient (Wildman–Crippen LogP) is 9.04. The van der Waals surface area contributed by atoms with E-state index in [1.54, 1.807) is 36.5 Å². The van der Waals surface area contributed by atoms with Gasteiger partial charge >= 0.3 is 19.8 Å². The van der Waals surface area contributed by atoms with Crippen LogP contribution in [0.1, 0.15) is 136 Å². The molecule has 0 spiro atoms. The van der Waals surface area contributed by atoms with E-state index in [4.69, 9.17) is 24.3 Å². The first-order chi connectivity index (χ1) is 26.1. The lowest BCUT2D eigenvalue weighted by molar-refractivity contribution is -0.161. The number of rotatable bonds is 36. The van der Waals surface area contributed by atoms with Gasteiger partial charge in [-0.05, 0) is 38.5 Å². The van der Waals surface area contributed by atoms with Crippen LogP contribution in [0, 0.1) is 0 Å². The van der Waals surface area contributed by atoms with Crippen molar-refractivity contribution < 1.29 is 47.8 Å². The van der Waals surface area contributed by atoms with Crippen LogP contribution in [0.15, 0.2) is 72.9 Å². The topological polar surface area (TPSA) is 175 Å². The monoisotopic (exact) mass is 781 g/mol. The molecule has 0 aromatic heterocycles. The first-order valence-corrected chi connectivity index (χ1v) is 21.6. The Morgan fingerprint density at radius 2 is 1.22 bits per heavy atom. The Balaban J connectivity index is 4.44. The molecular formula is C42H72NO10P. The van der Waals surface area contributed by atoms with Crippen LogP contribution >= 0.6 is 7.82 Å². The van der Waals surface area contributed by atoms with E-state index in [9.17, 15) is 29.3 Å². The highest BCUT2D eigenvalue weighted by atomic mass is 31.2. The van der Waals surface area contributed by atoms with Crippen LogP contribution < -0.4 is 5.73 Å². The quantitative estimate of drug-likeness (QED) is 0.0157. The Hall–Kier alpha value is -2.63. The van der Waals surface area contributed by atoms with Gasteiger partial charge in [0.05, 0.1) is 25.4 Å². The average molecular weight is 782 g/mol. The zero-order chi connectivity index (χ0) is 40.0. The number of nitrogens with two attached hydrogens (primary N) is 1. The molecule has 0 heterocycles. The summed E-state index contributed by atoms with van der Waals surface area (Å²) in [6.45, 7) is 3.31. The van der Waals surface area contributed by atoms with E-state index < -0.39 is 44.7 Å². The second-order valence-corrected chi connectivity index (χ2v) is 14.6. The van der Waals surface area contributed by atoms with Crippen LogP contribution in [-0.4, -0.2) is 71.7 Å². The molecule has 0 aliphatic heterocycles. The molecule has 0 saturated carbocycles. The summed E-state index contributed by atoms with van der Waals surface area (Å²) >= 11 is 0. The van der Waals surface area contributed by atoms with Crippen molar-refractivity contribution in [2.24, 2.45) is 5.73 Å². The molecule has 11 nitrogen and oxygen atoms in total. The number of phosphoric ester groups is 1. The standard InChI is InChI=1S/C42H72NO10P/c1-3-5-7-8-9-10-11-12-13-14-19-27-33-42(47)53-40(37-52-54(48,49)51-35-34-43)36-50-41(46)32-26-18-16-15-17-23-29-39(45)31-25-21-20-24-30-38(44)28-22-6-4-2/h6,16-18,20-25,30-31,38-40,44-45H,3-5,7-15,19,26-29,32-37,43H2,1-2H3,(H,48,49)/b18-16-,21-20-,22-6-,23-17-,30-24+,31-25+/t38-,39+,40-/m1/s1. The van der Waals surface area contributed by atoms with Crippen molar-refractivity contribution in [1.29, 1.82) is 0 Å². The van der Waals surface area contributed by atoms with Gasteiger partial charge in [-0.15, -0.1) is 0 Å². The number of phosphoric acid groups is 1. The van der Waals surface area contributed by atoms with Crippen molar-refractivity contribution in [3.8, 4) is 0 Å². The first kappa shape index (κ1) is 51.4. The second kappa shape index (κ2) is 37.3. The lowest BCUT2D eigenvalue weighted by Gasteiger charge is -2.19. The number of esters is 2. The van der Waals surface area contributed by atoms with Crippen molar-refractivity contribution in [2.45, 2.75) is 154 Å². The Morgan fingerprint density at radius 1 is 0.667 bits per heavy atom. The van der Waals surface area contributed by atoms with Gasteiger partial charge in [0.2, 0.25) is 0 Å². The molecule has 0 aliphatic rings. The van der Waals surface area contributed by atoms with Gasteiger partial charge in [-0.1, -0.05) is 157 Å². The highest BCUT2D eigenvalue weighted by Crippen LogP contribution is 2.43. The predicted molar refractivity (Wildman–Crippen MR) is 218 cm³/mol. The molecule has 5 N–H and O–H groups in total. The number of ether oxygens (including phenoxy) is 2. The lowest BCUT2D eigenvalue weighted by Crippen LogP contribution is -2.29. The molecule has 0 aliphatic carbocycles. The van der Waals surface area contributed by atoms with Crippen molar-refractivity contribution in [1.82, 2.24) is 0 Å². The van der Waals surface area contributed by atoms with Gasteiger partial charge in [-0.3, -0.25) is 18.6 Å². The average Bonchev–Trinajstić information content (AvgIpc) is 3.14. The van der Waals surface area contributed by atoms with E-state index in [0.717, 1.165) is 25.7 Å². The third-order valence-corrected chi connectivity index (χ3v) is 9.02. The van der Waals surface area contributed by atoms with Crippen LogP contribution in [0.4, 0.5) is 0 Å². The zero-order valence-electron chi connectivity index (χ0n) is 33.1. The van der Waals surface area contributed by atoms with Crippen LogP contribution in [0.25, 0.3) is 0 Å². The minimum absolute atomic E-state index is 0.0248. The summed E-state index contributed by atoms with van der Waals surface area (Å²) < 4.78 is 32.5. The van der Waals surface area contributed by atoms with E-state index >= 15 is 0 Å². The number of allylic oxidation sites excluding steroid dienone is 8. The van der Waals surface area contributed by atoms with Gasteiger partial charge in [-0.25, -0.2) is 4.57 Å². The molecule has 0 amide bonds. The number of hydrogen-bond acceptors (Lipinski definition) is 10. The number of hydrogen-bond donors (Lipinski definition) is 4. The molecule has 310 valence electrons. The summed E-state index contributed by atoms with van der Waals surface area (Å²) in [5.74, 6) is -1.00. The summed E-state index contributed by atoms with van der Waals surface area (Å²) in [5, 5.41) is 19.9. The van der Waals surface area contributed by atoms with E-state index in [1.807, 2.05) is 43.4 Å². The summed E-state index contributed by atoms with van der Waals surface area (Å²) in [4.78, 5) is 34.7. The van der Waals surface area contributed by atoms with Crippen molar-refractivity contribution in [3.05, 3.63) is 72.9 Å². The van der Waals surface area contributed by atoms with Crippen molar-refractivity contribution >= 4 is 19.8 Å². The molecule has 12 heteroatoms. The summed E-state index contributed by atoms with van der Waals surface area (Å²) in [7, 11) is -4.42. The van der Waals surface area contributed by atoms with Crippen LogP contribution in [-0.2, 0) is 32.7 Å². The number of aliphatic hydroxyl groups excluding tert-OH is 2. The van der Waals surface area contributed by atoms with E-state index in [-0.39, 0.29) is 32.6 Å². The molecule has 0 aromatic carbocycles. The Labute approximate surface area is 326 Å². The third-order valence-electron chi connectivity index (χ3n) is 8.04. The maximum atomic E-state index is 12.5. The van der Waals surface area contributed by atoms with Crippen LogP contribution in [0.5, 0.6) is 0 Å². The number of carbonyl (C=O) groups excluding carboxylic acids is 2. The van der Waals surface area contributed by atoms with E-state index in [1.165, 1.54) is 51.4 Å². The minimum atomic E-state index is -4.42. The third kappa shape index (κ3) is 36.4. The zero-order valence-corrected chi connectivity index (χ0v) is 34.0. The van der Waals surface area contributed by atoms with Gasteiger partial charge in [0.1, 0.15) is 6.61 Å². The maximum Gasteiger partial charge on any atom is 0.472 e. The Morgan fingerprint density at radius 3 is 1.80 bits per heavy atom. The molecule has 0 rings (SSSR count). The lowest BCUT2D eigenvalue weighted by atomic mass is 10.0. The van der Waals surface area contributed by atoms with Gasteiger partial charge in [0.25, 0.3) is 0 Å². The fourth-order valence-corrected chi connectivity index (χ4v) is 5.78. The molecule has 54 heavy (non-hydrogen) atoms. The van der Waals surface area contributed by atoms with Gasteiger partial charge in [0, 0.05) is 19.4 Å². The highest BCUT2D eigenvalue weighted by Gasteiger charge is 2.25. The number of carbonyl (C=O) groups is 2. The molecule has 0 fully saturated rings. The van der Waals surface area contributed by atoms with Crippen molar-refractivity contribution in [3.63, 3.8) is 0 Å². The highest BCUT2D eigenvalue weighted by molar-refractivity contribution is 7.47. The first-order valence-electron chi connectivity index (χ1n) is 20.1. The van der Waals surface area contributed by atoms with Gasteiger partial charge in [-0.2, -0.15) is 0 Å². The van der Waals surface area contributed by atoms with E-state index in [2.05, 4.69) is 6.92 Å². The number of aliphatic hydroxyl groups is 2. The molecule has 0 radical (unpaired) electrons. The molecule has 1 unspecified atom stereocenters. The van der Waals surface area contributed by atoms with Crippen molar-refractivity contribution in [2.75, 3.05) is 26.4 Å². The Kier molecular flexibility index (Phi) is 35.5. The second-order valence-electron chi connectivity index (χ2n) is 13.2. The smallest absolute Gasteiger partial charge is 0.462 e. The maximum absolute atomic E-state index is 12.5. The normalized spacial score (nSPS) is 15.3. The minimum Gasteiger partial charge on any atom is -0.462 e. The Bertz CT molecular complexity index is 1150. The molecule has 0 saturated heterocycles. The fourth-order valence-electron chi connectivity index (χ4n) is 5.01. The van der Waals surface area contributed by atoms with E-state index in [0.29, 0.717) is 32.1 Å². The summed E-state index contributed by atoms with van der Waals surface area (Å²) in [6.07, 6.45) is 37.3. The summed E-state index contributed by atoms with van der Waals surface area (Å²) in [6, 6.07) is 0.